The molecule has 0 heterocycles. The zero-order valence-corrected chi connectivity index (χ0v) is 14.6. The molecule has 2 rings (SSSR count). The fourth-order valence-corrected chi connectivity index (χ4v) is 2.62. The molecule has 0 aliphatic heterocycles. The molecule has 0 aromatic heterocycles. The van der Waals surface area contributed by atoms with Crippen LogP contribution in [0.15, 0.2) is 54.6 Å². The summed E-state index contributed by atoms with van der Waals surface area (Å²) in [6.45, 7) is -0.461. The first kappa shape index (κ1) is 18.5. The van der Waals surface area contributed by atoms with Crippen molar-refractivity contribution >= 4 is 33.3 Å². The number of nitrogens with one attached hydrogen (secondary N) is 1. The summed E-state index contributed by atoms with van der Waals surface area (Å²) < 4.78 is 30.0. The molecule has 132 valence electrons. The van der Waals surface area contributed by atoms with Crippen LogP contribution in [0.2, 0.25) is 0 Å². The van der Waals surface area contributed by atoms with Crippen molar-refractivity contribution in [1.82, 2.24) is 0 Å². The highest BCUT2D eigenvalue weighted by Gasteiger charge is 2.18. The monoisotopic (exact) mass is 362 g/mol. The molecule has 0 aliphatic carbocycles. The summed E-state index contributed by atoms with van der Waals surface area (Å²) >= 11 is 0. The first-order valence-electron chi connectivity index (χ1n) is 7.33. The van der Waals surface area contributed by atoms with Gasteiger partial charge in [-0.1, -0.05) is 30.3 Å². The summed E-state index contributed by atoms with van der Waals surface area (Å²) in [6.07, 6.45) is 0.980. The van der Waals surface area contributed by atoms with Crippen molar-refractivity contribution in [2.75, 3.05) is 29.5 Å². The fourth-order valence-electron chi connectivity index (χ4n) is 2.05. The number of benzene rings is 2. The van der Waals surface area contributed by atoms with E-state index in [0.717, 1.165) is 6.26 Å². The van der Waals surface area contributed by atoms with E-state index in [4.69, 9.17) is 4.74 Å². The van der Waals surface area contributed by atoms with Crippen LogP contribution in [0.4, 0.5) is 11.4 Å². The molecule has 0 fully saturated rings. The van der Waals surface area contributed by atoms with Gasteiger partial charge < -0.3 is 9.64 Å². The van der Waals surface area contributed by atoms with E-state index in [1.807, 2.05) is 6.07 Å². The number of para-hydroxylation sites is 2. The van der Waals surface area contributed by atoms with E-state index >= 15 is 0 Å². The van der Waals surface area contributed by atoms with Crippen molar-refractivity contribution in [3.63, 3.8) is 0 Å². The minimum absolute atomic E-state index is 0.0306. The summed E-state index contributed by atoms with van der Waals surface area (Å²) in [6, 6.07) is 14.9. The SMILES string of the molecule is CN(C(=O)COC(=O)c1ccccc1NS(C)(=O)=O)c1ccccc1. The predicted molar refractivity (Wildman–Crippen MR) is 95.0 cm³/mol. The Kier molecular flexibility index (Phi) is 5.76. The van der Waals surface area contributed by atoms with Crippen molar-refractivity contribution in [2.45, 2.75) is 0 Å². The van der Waals surface area contributed by atoms with Crippen LogP contribution in [0, 0.1) is 0 Å². The average molecular weight is 362 g/mol. The molecule has 0 aliphatic rings. The van der Waals surface area contributed by atoms with E-state index < -0.39 is 28.5 Å². The van der Waals surface area contributed by atoms with Gasteiger partial charge in [0.05, 0.1) is 17.5 Å². The van der Waals surface area contributed by atoms with Crippen LogP contribution in [0.1, 0.15) is 10.4 Å². The Labute approximate surface area is 146 Å². The van der Waals surface area contributed by atoms with E-state index in [1.165, 1.54) is 17.0 Å². The lowest BCUT2D eigenvalue weighted by Crippen LogP contribution is -2.31. The number of esters is 1. The average Bonchev–Trinajstić information content (AvgIpc) is 2.58. The first-order chi connectivity index (χ1) is 11.8. The highest BCUT2D eigenvalue weighted by Crippen LogP contribution is 2.17. The van der Waals surface area contributed by atoms with E-state index in [2.05, 4.69) is 4.72 Å². The van der Waals surface area contributed by atoms with Gasteiger partial charge in [0.1, 0.15) is 0 Å². The molecule has 1 amide bonds. The summed E-state index contributed by atoms with van der Waals surface area (Å²) in [5.74, 6) is -1.20. The van der Waals surface area contributed by atoms with Crippen LogP contribution < -0.4 is 9.62 Å². The van der Waals surface area contributed by atoms with Crippen molar-refractivity contribution in [2.24, 2.45) is 0 Å². The van der Waals surface area contributed by atoms with Crippen LogP contribution in [0.25, 0.3) is 0 Å². The normalized spacial score (nSPS) is 10.8. The molecule has 7 nitrogen and oxygen atoms in total. The highest BCUT2D eigenvalue weighted by atomic mass is 32.2. The third-order valence-corrected chi connectivity index (χ3v) is 3.88. The number of anilines is 2. The minimum atomic E-state index is -3.55. The lowest BCUT2D eigenvalue weighted by molar-refractivity contribution is -0.121. The maximum Gasteiger partial charge on any atom is 0.340 e. The smallest absolute Gasteiger partial charge is 0.340 e. The topological polar surface area (TPSA) is 92.8 Å². The lowest BCUT2D eigenvalue weighted by atomic mass is 10.2. The van der Waals surface area contributed by atoms with E-state index in [1.54, 1.807) is 43.4 Å². The largest absolute Gasteiger partial charge is 0.452 e. The number of sulfonamides is 1. The second-order valence-electron chi connectivity index (χ2n) is 5.28. The molecule has 0 atom stereocenters. The summed E-state index contributed by atoms with van der Waals surface area (Å²) in [5, 5.41) is 0. The highest BCUT2D eigenvalue weighted by molar-refractivity contribution is 7.92. The summed E-state index contributed by atoms with van der Waals surface area (Å²) in [7, 11) is -1.97. The number of nitrogens with zero attached hydrogens (tertiary/aromatic N) is 1. The van der Waals surface area contributed by atoms with E-state index in [-0.39, 0.29) is 11.3 Å². The molecule has 2 aromatic carbocycles. The second-order valence-corrected chi connectivity index (χ2v) is 7.03. The molecule has 0 saturated heterocycles. The number of ether oxygens (including phenoxy) is 1. The van der Waals surface area contributed by atoms with Gasteiger partial charge in [0, 0.05) is 12.7 Å². The number of carbonyl (C=O) groups excluding carboxylic acids is 2. The zero-order chi connectivity index (χ0) is 18.4. The van der Waals surface area contributed by atoms with Gasteiger partial charge in [0.2, 0.25) is 10.0 Å². The number of rotatable bonds is 6. The zero-order valence-electron chi connectivity index (χ0n) is 13.8. The maximum absolute atomic E-state index is 12.2. The Bertz CT molecular complexity index is 866. The Balaban J connectivity index is 2.04. The van der Waals surface area contributed by atoms with Gasteiger partial charge in [-0.3, -0.25) is 9.52 Å². The van der Waals surface area contributed by atoms with E-state index in [9.17, 15) is 18.0 Å². The van der Waals surface area contributed by atoms with Gasteiger partial charge >= 0.3 is 5.97 Å². The Morgan fingerprint density at radius 3 is 2.28 bits per heavy atom. The molecule has 1 N–H and O–H groups in total. The summed E-state index contributed by atoms with van der Waals surface area (Å²) in [5.41, 5.74) is 0.796. The third kappa shape index (κ3) is 5.32. The third-order valence-electron chi connectivity index (χ3n) is 3.29. The Morgan fingerprint density at radius 1 is 1.04 bits per heavy atom. The second kappa shape index (κ2) is 7.80. The first-order valence-corrected chi connectivity index (χ1v) is 9.22. The van der Waals surface area contributed by atoms with Crippen molar-refractivity contribution < 1.29 is 22.7 Å². The number of amides is 1. The predicted octanol–water partition coefficient (Wildman–Crippen LogP) is 1.88. The van der Waals surface area contributed by atoms with Crippen LogP contribution in [0.3, 0.4) is 0 Å². The van der Waals surface area contributed by atoms with Gasteiger partial charge in [0.25, 0.3) is 5.91 Å². The van der Waals surface area contributed by atoms with Crippen molar-refractivity contribution in [1.29, 1.82) is 0 Å². The molecule has 0 bridgehead atoms. The van der Waals surface area contributed by atoms with E-state index in [0.29, 0.717) is 5.69 Å². The van der Waals surface area contributed by atoms with Crippen LogP contribution in [0.5, 0.6) is 0 Å². The molecule has 0 saturated carbocycles. The minimum Gasteiger partial charge on any atom is -0.452 e. The maximum atomic E-state index is 12.2. The molecular formula is C17H18N2O5S. The number of carbonyl (C=O) groups is 2. The molecule has 8 heteroatoms. The molecular weight excluding hydrogens is 344 g/mol. The van der Waals surface area contributed by atoms with Gasteiger partial charge in [0.15, 0.2) is 6.61 Å². The molecule has 0 unspecified atom stereocenters. The van der Waals surface area contributed by atoms with Crippen LogP contribution in [-0.4, -0.2) is 40.2 Å². The van der Waals surface area contributed by atoms with Crippen molar-refractivity contribution in [3.8, 4) is 0 Å². The van der Waals surface area contributed by atoms with Crippen LogP contribution in [-0.2, 0) is 19.6 Å². The number of likely N-dealkylation sites (N-methyl/N-ethyl adjacent to an activating group) is 1. The number of hydrogen-bond donors (Lipinski definition) is 1. The summed E-state index contributed by atoms with van der Waals surface area (Å²) in [4.78, 5) is 25.7. The Morgan fingerprint density at radius 2 is 1.64 bits per heavy atom. The van der Waals surface area contributed by atoms with Crippen molar-refractivity contribution in [3.05, 3.63) is 60.2 Å². The fraction of sp³-hybridized carbons (Fsp3) is 0.176. The van der Waals surface area contributed by atoms with Gasteiger partial charge in [-0.05, 0) is 24.3 Å². The number of hydrogen-bond acceptors (Lipinski definition) is 5. The molecule has 0 radical (unpaired) electrons. The standard InChI is InChI=1S/C17H18N2O5S/c1-19(13-8-4-3-5-9-13)16(20)12-24-17(21)14-10-6-7-11-15(14)18-25(2,22)23/h3-11,18H,12H2,1-2H3. The lowest BCUT2D eigenvalue weighted by Gasteiger charge is -2.17. The quantitative estimate of drug-likeness (QED) is 0.792. The van der Waals surface area contributed by atoms with Gasteiger partial charge in [-0.2, -0.15) is 0 Å². The molecule has 2 aromatic rings. The van der Waals surface area contributed by atoms with Crippen LogP contribution >= 0.6 is 0 Å². The van der Waals surface area contributed by atoms with Gasteiger partial charge in [-0.25, -0.2) is 13.2 Å². The van der Waals surface area contributed by atoms with Gasteiger partial charge in [-0.15, -0.1) is 0 Å². The molecule has 25 heavy (non-hydrogen) atoms. The Hall–Kier alpha value is -2.87. The molecule has 0 spiro atoms.